The largest absolute Gasteiger partial charge is 0.496 e. The third kappa shape index (κ3) is 3.20. The third-order valence-corrected chi connectivity index (χ3v) is 4.29. The lowest BCUT2D eigenvalue weighted by atomic mass is 9.89. The molecule has 0 fully saturated rings. The monoisotopic (exact) mass is 309 g/mol. The highest BCUT2D eigenvalue weighted by atomic mass is 19.1. The number of nitrogens with two attached hydrogens (primary N) is 1. The molecule has 0 aliphatic rings. The molecule has 1 atom stereocenters. The topological polar surface area (TPSA) is 35.2 Å². The van der Waals surface area contributed by atoms with Crippen molar-refractivity contribution in [2.75, 3.05) is 13.7 Å². The van der Waals surface area contributed by atoms with Gasteiger partial charge in [-0.05, 0) is 47.5 Å². The molecule has 2 N–H and O–H groups in total. The Labute approximate surface area is 135 Å². The number of rotatable bonds is 5. The molecular formula is C20H20FNO. The summed E-state index contributed by atoms with van der Waals surface area (Å²) in [5.41, 5.74) is 8.18. The molecule has 0 saturated heterocycles. The first-order valence-corrected chi connectivity index (χ1v) is 7.73. The first kappa shape index (κ1) is 15.5. The first-order valence-electron chi connectivity index (χ1n) is 7.73. The standard InChI is InChI=1S/C20H20FNO/c1-23-20-11-8-15-4-2-3-5-18(15)19(20)12-16(13-22)14-6-9-17(21)10-7-14/h2-11,16H,12-13,22H2,1H3. The fourth-order valence-electron chi connectivity index (χ4n) is 3.04. The summed E-state index contributed by atoms with van der Waals surface area (Å²) in [5, 5.41) is 2.35. The lowest BCUT2D eigenvalue weighted by Crippen LogP contribution is -2.15. The summed E-state index contributed by atoms with van der Waals surface area (Å²) in [6, 6.07) is 18.9. The van der Waals surface area contributed by atoms with Crippen molar-refractivity contribution < 1.29 is 9.13 Å². The maximum absolute atomic E-state index is 13.2. The van der Waals surface area contributed by atoms with E-state index in [1.807, 2.05) is 30.3 Å². The van der Waals surface area contributed by atoms with Gasteiger partial charge in [-0.15, -0.1) is 0 Å². The molecule has 0 heterocycles. The fraction of sp³-hybridized carbons (Fsp3) is 0.200. The first-order chi connectivity index (χ1) is 11.2. The minimum absolute atomic E-state index is 0.121. The average Bonchev–Trinajstić information content (AvgIpc) is 2.60. The summed E-state index contributed by atoms with van der Waals surface area (Å²) in [5.74, 6) is 0.756. The Morgan fingerprint density at radius 1 is 1.00 bits per heavy atom. The Hall–Kier alpha value is -2.39. The highest BCUT2D eigenvalue weighted by molar-refractivity contribution is 5.87. The fourth-order valence-corrected chi connectivity index (χ4v) is 3.04. The molecule has 0 radical (unpaired) electrons. The van der Waals surface area contributed by atoms with Crippen LogP contribution in [0.1, 0.15) is 17.0 Å². The van der Waals surface area contributed by atoms with Gasteiger partial charge in [0, 0.05) is 11.5 Å². The van der Waals surface area contributed by atoms with Gasteiger partial charge in [0.2, 0.25) is 0 Å². The Balaban J connectivity index is 2.03. The second kappa shape index (κ2) is 6.80. The lowest BCUT2D eigenvalue weighted by Gasteiger charge is -2.19. The van der Waals surface area contributed by atoms with Crippen molar-refractivity contribution in [1.82, 2.24) is 0 Å². The predicted octanol–water partition coefficient (Wildman–Crippen LogP) is 4.27. The number of benzene rings is 3. The van der Waals surface area contributed by atoms with Crippen molar-refractivity contribution in [1.29, 1.82) is 0 Å². The SMILES string of the molecule is COc1ccc2ccccc2c1CC(CN)c1ccc(F)cc1. The van der Waals surface area contributed by atoms with Crippen LogP contribution in [0.3, 0.4) is 0 Å². The normalized spacial score (nSPS) is 12.3. The van der Waals surface area contributed by atoms with E-state index < -0.39 is 0 Å². The Morgan fingerprint density at radius 3 is 2.43 bits per heavy atom. The molecule has 0 saturated carbocycles. The van der Waals surface area contributed by atoms with E-state index in [9.17, 15) is 4.39 Å². The third-order valence-electron chi connectivity index (χ3n) is 4.29. The van der Waals surface area contributed by atoms with E-state index in [0.717, 1.165) is 23.3 Å². The van der Waals surface area contributed by atoms with Gasteiger partial charge in [-0.3, -0.25) is 0 Å². The molecule has 3 rings (SSSR count). The Bertz CT molecular complexity index is 798. The van der Waals surface area contributed by atoms with Crippen LogP contribution in [0.25, 0.3) is 10.8 Å². The number of ether oxygens (including phenoxy) is 1. The summed E-state index contributed by atoms with van der Waals surface area (Å²) in [7, 11) is 1.68. The van der Waals surface area contributed by atoms with Gasteiger partial charge in [-0.1, -0.05) is 42.5 Å². The number of methoxy groups -OCH3 is 1. The van der Waals surface area contributed by atoms with Gasteiger partial charge in [0.15, 0.2) is 0 Å². The van der Waals surface area contributed by atoms with Crippen molar-refractivity contribution in [3.05, 3.63) is 77.6 Å². The number of halogens is 1. The number of hydrogen-bond donors (Lipinski definition) is 1. The Morgan fingerprint density at radius 2 is 1.74 bits per heavy atom. The molecule has 1 unspecified atom stereocenters. The quantitative estimate of drug-likeness (QED) is 0.764. The van der Waals surface area contributed by atoms with Gasteiger partial charge in [0.1, 0.15) is 11.6 Å². The molecule has 3 aromatic rings. The molecule has 0 aliphatic heterocycles. The molecule has 118 valence electrons. The van der Waals surface area contributed by atoms with Gasteiger partial charge >= 0.3 is 0 Å². The van der Waals surface area contributed by atoms with E-state index in [-0.39, 0.29) is 11.7 Å². The van der Waals surface area contributed by atoms with Crippen LogP contribution in [-0.4, -0.2) is 13.7 Å². The summed E-state index contributed by atoms with van der Waals surface area (Å²) in [6.45, 7) is 0.498. The molecule has 23 heavy (non-hydrogen) atoms. The van der Waals surface area contributed by atoms with E-state index in [1.165, 1.54) is 22.9 Å². The number of fused-ring (bicyclic) bond motifs is 1. The molecular weight excluding hydrogens is 289 g/mol. The second-order valence-corrected chi connectivity index (χ2v) is 5.66. The van der Waals surface area contributed by atoms with E-state index in [1.54, 1.807) is 7.11 Å². The maximum Gasteiger partial charge on any atom is 0.123 e. The van der Waals surface area contributed by atoms with Crippen molar-refractivity contribution in [2.24, 2.45) is 5.73 Å². The maximum atomic E-state index is 13.2. The second-order valence-electron chi connectivity index (χ2n) is 5.66. The average molecular weight is 309 g/mol. The van der Waals surface area contributed by atoms with Crippen molar-refractivity contribution in [3.8, 4) is 5.75 Å². The van der Waals surface area contributed by atoms with Gasteiger partial charge in [-0.2, -0.15) is 0 Å². The smallest absolute Gasteiger partial charge is 0.123 e. The van der Waals surface area contributed by atoms with Crippen LogP contribution in [0, 0.1) is 5.82 Å². The molecule has 0 amide bonds. The van der Waals surface area contributed by atoms with Crippen molar-refractivity contribution in [3.63, 3.8) is 0 Å². The molecule has 0 aliphatic carbocycles. The van der Waals surface area contributed by atoms with Gasteiger partial charge in [0.25, 0.3) is 0 Å². The van der Waals surface area contributed by atoms with Crippen LogP contribution < -0.4 is 10.5 Å². The highest BCUT2D eigenvalue weighted by Gasteiger charge is 2.16. The van der Waals surface area contributed by atoms with Crippen LogP contribution in [0.15, 0.2) is 60.7 Å². The summed E-state index contributed by atoms with van der Waals surface area (Å²) < 4.78 is 18.7. The van der Waals surface area contributed by atoms with Crippen molar-refractivity contribution >= 4 is 10.8 Å². The molecule has 0 aromatic heterocycles. The van der Waals surface area contributed by atoms with Gasteiger partial charge in [-0.25, -0.2) is 4.39 Å². The molecule has 0 spiro atoms. The Kier molecular flexibility index (Phi) is 4.58. The lowest BCUT2D eigenvalue weighted by molar-refractivity contribution is 0.409. The molecule has 3 aromatic carbocycles. The summed E-state index contributed by atoms with van der Waals surface area (Å²) >= 11 is 0. The van der Waals surface area contributed by atoms with E-state index in [4.69, 9.17) is 10.5 Å². The van der Waals surface area contributed by atoms with Crippen LogP contribution in [0.5, 0.6) is 5.75 Å². The highest BCUT2D eigenvalue weighted by Crippen LogP contribution is 2.32. The van der Waals surface area contributed by atoms with E-state index in [0.29, 0.717) is 6.54 Å². The summed E-state index contributed by atoms with van der Waals surface area (Å²) in [6.07, 6.45) is 0.757. The van der Waals surface area contributed by atoms with Crippen LogP contribution in [0.2, 0.25) is 0 Å². The van der Waals surface area contributed by atoms with Gasteiger partial charge in [0.05, 0.1) is 7.11 Å². The van der Waals surface area contributed by atoms with E-state index in [2.05, 4.69) is 18.2 Å². The predicted molar refractivity (Wildman–Crippen MR) is 92.4 cm³/mol. The molecule has 0 bridgehead atoms. The van der Waals surface area contributed by atoms with Gasteiger partial charge < -0.3 is 10.5 Å². The zero-order valence-electron chi connectivity index (χ0n) is 13.1. The molecule has 3 heteroatoms. The molecule has 2 nitrogen and oxygen atoms in total. The zero-order chi connectivity index (χ0) is 16.2. The van der Waals surface area contributed by atoms with E-state index >= 15 is 0 Å². The van der Waals surface area contributed by atoms with Crippen LogP contribution in [-0.2, 0) is 6.42 Å². The minimum atomic E-state index is -0.229. The van der Waals surface area contributed by atoms with Crippen LogP contribution in [0.4, 0.5) is 4.39 Å². The zero-order valence-corrected chi connectivity index (χ0v) is 13.1. The summed E-state index contributed by atoms with van der Waals surface area (Å²) in [4.78, 5) is 0. The van der Waals surface area contributed by atoms with Crippen molar-refractivity contribution in [2.45, 2.75) is 12.3 Å². The number of hydrogen-bond acceptors (Lipinski definition) is 2. The van der Waals surface area contributed by atoms with Crippen LogP contribution >= 0.6 is 0 Å². The minimum Gasteiger partial charge on any atom is -0.496 e.